The number of hydrogen-bond donors (Lipinski definition) is 1. The minimum absolute atomic E-state index is 0.0142. The van der Waals surface area contributed by atoms with Crippen LogP contribution in [0.5, 0.6) is 0 Å². The lowest BCUT2D eigenvalue weighted by molar-refractivity contribution is -0.123. The molecule has 1 saturated heterocycles. The summed E-state index contributed by atoms with van der Waals surface area (Å²) >= 11 is 12.0. The van der Waals surface area contributed by atoms with Crippen LogP contribution in [0.3, 0.4) is 0 Å². The Kier molecular flexibility index (Phi) is 5.37. The molecule has 0 spiro atoms. The van der Waals surface area contributed by atoms with E-state index in [9.17, 15) is 13.2 Å². The molecule has 0 aliphatic carbocycles. The molecule has 1 N–H and O–H groups in total. The van der Waals surface area contributed by atoms with Crippen LogP contribution in [0.15, 0.2) is 18.2 Å². The van der Waals surface area contributed by atoms with Crippen molar-refractivity contribution in [2.75, 3.05) is 19.4 Å². The first kappa shape index (κ1) is 17.5. The molecule has 0 aromatic heterocycles. The average Bonchev–Trinajstić information content (AvgIpc) is 2.43. The summed E-state index contributed by atoms with van der Waals surface area (Å²) in [7, 11) is -3.49. The first-order chi connectivity index (χ1) is 10.2. The van der Waals surface area contributed by atoms with E-state index in [1.807, 2.05) is 6.07 Å². The summed E-state index contributed by atoms with van der Waals surface area (Å²) in [5.74, 6) is -0.0142. The van der Waals surface area contributed by atoms with E-state index >= 15 is 0 Å². The third-order valence-corrected chi connectivity index (χ3v) is 5.20. The summed E-state index contributed by atoms with van der Waals surface area (Å²) < 4.78 is 27.1. The van der Waals surface area contributed by atoms with E-state index in [0.717, 1.165) is 11.8 Å². The Morgan fingerprint density at radius 3 is 2.59 bits per heavy atom. The fraction of sp³-hybridized carbons (Fsp3) is 0.500. The Hall–Kier alpha value is -0.820. The molecule has 2 rings (SSSR count). The number of benzene rings is 1. The zero-order valence-corrected chi connectivity index (χ0v) is 14.4. The van der Waals surface area contributed by atoms with Gasteiger partial charge in [-0.15, -0.1) is 0 Å². The molecular formula is C14H17Cl2NO4S. The number of nitrogens with one attached hydrogen (secondary N) is 1. The minimum atomic E-state index is -3.49. The van der Waals surface area contributed by atoms with Gasteiger partial charge in [0.05, 0.1) is 22.9 Å². The number of carbonyl (C=O) groups excluding carboxylic acids is 1. The van der Waals surface area contributed by atoms with Gasteiger partial charge in [0.25, 0.3) is 10.1 Å². The Labute approximate surface area is 140 Å². The van der Waals surface area contributed by atoms with Crippen molar-refractivity contribution < 1.29 is 17.4 Å². The fourth-order valence-corrected chi connectivity index (χ4v) is 3.30. The van der Waals surface area contributed by atoms with Gasteiger partial charge in [0, 0.05) is 18.4 Å². The molecule has 1 aromatic rings. The van der Waals surface area contributed by atoms with Crippen LogP contribution in [0.1, 0.15) is 24.8 Å². The average molecular weight is 366 g/mol. The van der Waals surface area contributed by atoms with Gasteiger partial charge in [0.15, 0.2) is 0 Å². The second kappa shape index (κ2) is 6.74. The molecule has 0 radical (unpaired) electrons. The van der Waals surface area contributed by atoms with Crippen molar-refractivity contribution in [3.8, 4) is 0 Å². The lowest BCUT2D eigenvalue weighted by Gasteiger charge is -2.38. The highest BCUT2D eigenvalue weighted by Gasteiger charge is 2.36. The van der Waals surface area contributed by atoms with E-state index in [1.165, 1.54) is 0 Å². The highest BCUT2D eigenvalue weighted by Crippen LogP contribution is 2.37. The second-order valence-corrected chi connectivity index (χ2v) is 7.92. The maximum Gasteiger partial charge on any atom is 0.264 e. The monoisotopic (exact) mass is 365 g/mol. The van der Waals surface area contributed by atoms with Crippen LogP contribution >= 0.6 is 23.2 Å². The zero-order valence-electron chi connectivity index (χ0n) is 12.1. The van der Waals surface area contributed by atoms with E-state index in [2.05, 4.69) is 5.32 Å². The SMILES string of the molecule is CS(=O)(=O)OCCC1(c2ccc(Cl)c(Cl)c2)CCC(=O)NC1. The maximum absolute atomic E-state index is 11.5. The van der Waals surface area contributed by atoms with Gasteiger partial charge in [-0.05, 0) is 30.5 Å². The maximum atomic E-state index is 11.5. The normalized spacial score (nSPS) is 22.4. The van der Waals surface area contributed by atoms with Gasteiger partial charge in [-0.25, -0.2) is 0 Å². The summed E-state index contributed by atoms with van der Waals surface area (Å²) in [6.45, 7) is 0.464. The molecule has 1 unspecified atom stereocenters. The van der Waals surface area contributed by atoms with Gasteiger partial charge < -0.3 is 5.32 Å². The van der Waals surface area contributed by atoms with Crippen molar-refractivity contribution in [1.82, 2.24) is 5.32 Å². The van der Waals surface area contributed by atoms with Crippen molar-refractivity contribution in [2.45, 2.75) is 24.7 Å². The van der Waals surface area contributed by atoms with Crippen LogP contribution in [0, 0.1) is 0 Å². The third-order valence-electron chi connectivity index (χ3n) is 3.86. The van der Waals surface area contributed by atoms with Crippen LogP contribution in [0.2, 0.25) is 10.0 Å². The molecule has 122 valence electrons. The number of rotatable bonds is 5. The van der Waals surface area contributed by atoms with Crippen molar-refractivity contribution in [3.63, 3.8) is 0 Å². The third kappa shape index (κ3) is 4.35. The molecule has 5 nitrogen and oxygen atoms in total. The molecule has 1 aliphatic heterocycles. The molecule has 8 heteroatoms. The Morgan fingerprint density at radius 2 is 2.05 bits per heavy atom. The molecule has 1 atom stereocenters. The summed E-state index contributed by atoms with van der Waals surface area (Å²) in [4.78, 5) is 11.5. The molecule has 1 fully saturated rings. The van der Waals surface area contributed by atoms with Gasteiger partial charge in [0.1, 0.15) is 0 Å². The van der Waals surface area contributed by atoms with Gasteiger partial charge in [-0.2, -0.15) is 8.42 Å². The molecule has 1 aromatic carbocycles. The van der Waals surface area contributed by atoms with E-state index in [-0.39, 0.29) is 12.5 Å². The lowest BCUT2D eigenvalue weighted by atomic mass is 9.72. The van der Waals surface area contributed by atoms with Crippen molar-refractivity contribution in [1.29, 1.82) is 0 Å². The van der Waals surface area contributed by atoms with Crippen molar-refractivity contribution in [2.24, 2.45) is 0 Å². The fourth-order valence-electron chi connectivity index (χ4n) is 2.62. The molecular weight excluding hydrogens is 349 g/mol. The van der Waals surface area contributed by atoms with Crippen LogP contribution < -0.4 is 5.32 Å². The molecule has 22 heavy (non-hydrogen) atoms. The number of piperidine rings is 1. The summed E-state index contributed by atoms with van der Waals surface area (Å²) in [6.07, 6.45) is 2.45. The van der Waals surface area contributed by atoms with E-state index in [1.54, 1.807) is 12.1 Å². The Balaban J connectivity index is 2.25. The number of amides is 1. The number of carbonyl (C=O) groups is 1. The smallest absolute Gasteiger partial charge is 0.264 e. The van der Waals surface area contributed by atoms with Crippen molar-refractivity contribution in [3.05, 3.63) is 33.8 Å². The largest absolute Gasteiger partial charge is 0.355 e. The highest BCUT2D eigenvalue weighted by atomic mass is 35.5. The Bertz CT molecular complexity index is 665. The van der Waals surface area contributed by atoms with E-state index in [4.69, 9.17) is 27.4 Å². The molecule has 0 bridgehead atoms. The standard InChI is InChI=1S/C14H17Cl2NO4S/c1-22(19,20)21-7-6-14(5-4-13(18)17-9-14)10-2-3-11(15)12(16)8-10/h2-3,8H,4-7,9H2,1H3,(H,17,18). The summed E-state index contributed by atoms with van der Waals surface area (Å²) in [6, 6.07) is 5.32. The van der Waals surface area contributed by atoms with Crippen LogP contribution in [-0.4, -0.2) is 33.7 Å². The lowest BCUT2D eigenvalue weighted by Crippen LogP contribution is -2.46. The first-order valence-electron chi connectivity index (χ1n) is 6.78. The summed E-state index contributed by atoms with van der Waals surface area (Å²) in [5.41, 5.74) is 0.506. The van der Waals surface area contributed by atoms with Gasteiger partial charge in [0.2, 0.25) is 5.91 Å². The van der Waals surface area contributed by atoms with Gasteiger partial charge in [-0.3, -0.25) is 8.98 Å². The predicted molar refractivity (Wildman–Crippen MR) is 85.8 cm³/mol. The first-order valence-corrected chi connectivity index (χ1v) is 9.36. The zero-order chi connectivity index (χ0) is 16.4. The quantitative estimate of drug-likeness (QED) is 0.813. The molecule has 1 amide bonds. The molecule has 1 heterocycles. The van der Waals surface area contributed by atoms with Crippen LogP contribution in [-0.2, 0) is 24.5 Å². The Morgan fingerprint density at radius 1 is 1.32 bits per heavy atom. The van der Waals surface area contributed by atoms with Crippen LogP contribution in [0.25, 0.3) is 0 Å². The van der Waals surface area contributed by atoms with Gasteiger partial charge >= 0.3 is 0 Å². The highest BCUT2D eigenvalue weighted by molar-refractivity contribution is 7.85. The minimum Gasteiger partial charge on any atom is -0.355 e. The number of hydrogen-bond acceptors (Lipinski definition) is 4. The predicted octanol–water partition coefficient (Wildman–Crippen LogP) is 2.51. The second-order valence-electron chi connectivity index (χ2n) is 5.46. The van der Waals surface area contributed by atoms with E-state index < -0.39 is 15.5 Å². The van der Waals surface area contributed by atoms with Crippen LogP contribution in [0.4, 0.5) is 0 Å². The number of halogens is 2. The topological polar surface area (TPSA) is 72.5 Å². The van der Waals surface area contributed by atoms with Crippen molar-refractivity contribution >= 4 is 39.2 Å². The van der Waals surface area contributed by atoms with E-state index in [0.29, 0.717) is 35.9 Å². The molecule has 0 saturated carbocycles. The molecule has 1 aliphatic rings. The van der Waals surface area contributed by atoms with Gasteiger partial charge in [-0.1, -0.05) is 29.3 Å². The summed E-state index contributed by atoms with van der Waals surface area (Å²) in [5, 5.41) is 3.71.